The Bertz CT molecular complexity index is 862. The predicted octanol–water partition coefficient (Wildman–Crippen LogP) is 3.22. The average Bonchev–Trinajstić information content (AvgIpc) is 3.22. The lowest BCUT2D eigenvalue weighted by Gasteiger charge is -2.44. The van der Waals surface area contributed by atoms with Gasteiger partial charge in [-0.3, -0.25) is 4.79 Å². The first-order valence-corrected chi connectivity index (χ1v) is 10.3. The second-order valence-electron chi connectivity index (χ2n) is 7.74. The Labute approximate surface area is 170 Å². The number of ether oxygens (including phenoxy) is 2. The van der Waals surface area contributed by atoms with Gasteiger partial charge in [0.15, 0.2) is 12.4 Å². The van der Waals surface area contributed by atoms with E-state index in [9.17, 15) is 9.59 Å². The summed E-state index contributed by atoms with van der Waals surface area (Å²) < 4.78 is 12.2. The fourth-order valence-electron chi connectivity index (χ4n) is 4.57. The zero-order valence-electron chi connectivity index (χ0n) is 16.8. The van der Waals surface area contributed by atoms with E-state index in [0.29, 0.717) is 17.7 Å². The zero-order chi connectivity index (χ0) is 20.2. The van der Waals surface area contributed by atoms with Crippen molar-refractivity contribution in [2.75, 3.05) is 20.3 Å². The molecule has 2 aromatic rings. The molecule has 0 spiro atoms. The molecular formula is C22H27N3O4. The molecule has 1 aromatic heterocycles. The molecular weight excluding hydrogens is 370 g/mol. The number of esters is 1. The Kier molecular flexibility index (Phi) is 5.83. The number of piperidine rings is 1. The standard InChI is InChI=1S/C22H27N3O4/c1-28-19-14-25(17-10-3-2-4-11-17)23-21(19)22(27)29-15-20(26)24-13-7-9-16-8-5-6-12-18(16)24/h2-4,10-11,14,16,18H,5-9,12-13,15H2,1H3/t16-,18-/m0/s1. The van der Waals surface area contributed by atoms with E-state index in [4.69, 9.17) is 9.47 Å². The summed E-state index contributed by atoms with van der Waals surface area (Å²) in [6.45, 7) is 0.493. The quantitative estimate of drug-likeness (QED) is 0.725. The van der Waals surface area contributed by atoms with Crippen LogP contribution < -0.4 is 4.74 Å². The monoisotopic (exact) mass is 397 g/mol. The van der Waals surface area contributed by atoms with E-state index in [1.54, 1.807) is 10.9 Å². The second-order valence-corrected chi connectivity index (χ2v) is 7.74. The highest BCUT2D eigenvalue weighted by molar-refractivity contribution is 5.92. The molecule has 4 rings (SSSR count). The summed E-state index contributed by atoms with van der Waals surface area (Å²) >= 11 is 0. The van der Waals surface area contributed by atoms with Crippen molar-refractivity contribution in [2.45, 2.75) is 44.6 Å². The Hall–Kier alpha value is -2.83. The molecule has 1 aromatic carbocycles. The van der Waals surface area contributed by atoms with Crippen LogP contribution in [0.4, 0.5) is 0 Å². The smallest absolute Gasteiger partial charge is 0.363 e. The molecule has 29 heavy (non-hydrogen) atoms. The molecule has 1 aliphatic carbocycles. The van der Waals surface area contributed by atoms with Crippen molar-refractivity contribution in [2.24, 2.45) is 5.92 Å². The first-order valence-electron chi connectivity index (χ1n) is 10.3. The van der Waals surface area contributed by atoms with Gasteiger partial charge < -0.3 is 14.4 Å². The first-order chi connectivity index (χ1) is 14.2. The van der Waals surface area contributed by atoms with Crippen molar-refractivity contribution in [3.05, 3.63) is 42.2 Å². The van der Waals surface area contributed by atoms with Crippen LogP contribution in [-0.4, -0.2) is 52.9 Å². The van der Waals surface area contributed by atoms with Gasteiger partial charge in [-0.15, -0.1) is 0 Å². The van der Waals surface area contributed by atoms with Crippen molar-refractivity contribution >= 4 is 11.9 Å². The summed E-state index contributed by atoms with van der Waals surface area (Å²) in [5.41, 5.74) is 0.871. The summed E-state index contributed by atoms with van der Waals surface area (Å²) in [4.78, 5) is 27.3. The number of hydrogen-bond acceptors (Lipinski definition) is 5. The molecule has 2 heterocycles. The van der Waals surface area contributed by atoms with Gasteiger partial charge in [0.25, 0.3) is 5.91 Å². The van der Waals surface area contributed by atoms with Gasteiger partial charge in [-0.1, -0.05) is 31.0 Å². The highest BCUT2D eigenvalue weighted by Crippen LogP contribution is 2.35. The molecule has 1 saturated heterocycles. The lowest BCUT2D eigenvalue weighted by molar-refractivity contribution is -0.140. The van der Waals surface area contributed by atoms with E-state index in [0.717, 1.165) is 25.1 Å². The largest absolute Gasteiger partial charge is 0.493 e. The molecule has 0 unspecified atom stereocenters. The van der Waals surface area contributed by atoms with Crippen molar-refractivity contribution in [3.63, 3.8) is 0 Å². The van der Waals surface area contributed by atoms with Gasteiger partial charge >= 0.3 is 5.97 Å². The van der Waals surface area contributed by atoms with E-state index < -0.39 is 5.97 Å². The van der Waals surface area contributed by atoms with E-state index in [2.05, 4.69) is 5.10 Å². The molecule has 154 valence electrons. The summed E-state index contributed by atoms with van der Waals surface area (Å²) in [6.07, 6.45) is 8.52. The Morgan fingerprint density at radius 1 is 1.10 bits per heavy atom. The van der Waals surface area contributed by atoms with Gasteiger partial charge in [0.05, 0.1) is 19.0 Å². The molecule has 0 bridgehead atoms. The third kappa shape index (κ3) is 4.13. The Balaban J connectivity index is 1.42. The van der Waals surface area contributed by atoms with Crippen molar-refractivity contribution in [1.82, 2.24) is 14.7 Å². The third-order valence-electron chi connectivity index (χ3n) is 6.00. The van der Waals surface area contributed by atoms with Crippen molar-refractivity contribution in [1.29, 1.82) is 0 Å². The topological polar surface area (TPSA) is 73.7 Å². The number of benzene rings is 1. The van der Waals surface area contributed by atoms with Gasteiger partial charge in [0.1, 0.15) is 0 Å². The van der Waals surface area contributed by atoms with Crippen molar-refractivity contribution in [3.8, 4) is 11.4 Å². The summed E-state index contributed by atoms with van der Waals surface area (Å²) in [5.74, 6) is 0.147. The Morgan fingerprint density at radius 3 is 2.66 bits per heavy atom. The minimum atomic E-state index is -0.651. The van der Waals surface area contributed by atoms with E-state index in [1.807, 2.05) is 35.2 Å². The molecule has 0 N–H and O–H groups in total. The molecule has 2 atom stereocenters. The van der Waals surface area contributed by atoms with Crippen LogP contribution in [0, 0.1) is 5.92 Å². The van der Waals surface area contributed by atoms with Gasteiger partial charge in [0, 0.05) is 12.6 Å². The van der Waals surface area contributed by atoms with Crippen LogP contribution in [-0.2, 0) is 9.53 Å². The van der Waals surface area contributed by atoms with Crippen LogP contribution in [0.3, 0.4) is 0 Å². The molecule has 7 nitrogen and oxygen atoms in total. The number of rotatable bonds is 5. The van der Waals surface area contributed by atoms with Crippen LogP contribution in [0.15, 0.2) is 36.5 Å². The molecule has 7 heteroatoms. The van der Waals surface area contributed by atoms with Crippen LogP contribution in [0.25, 0.3) is 5.69 Å². The number of para-hydroxylation sites is 1. The number of methoxy groups -OCH3 is 1. The maximum Gasteiger partial charge on any atom is 0.363 e. The fourth-order valence-corrected chi connectivity index (χ4v) is 4.57. The third-order valence-corrected chi connectivity index (χ3v) is 6.00. The average molecular weight is 397 g/mol. The number of likely N-dealkylation sites (tertiary alicyclic amines) is 1. The summed E-state index contributed by atoms with van der Waals surface area (Å²) in [7, 11) is 1.48. The molecule has 0 radical (unpaired) electrons. The molecule has 1 aliphatic heterocycles. The van der Waals surface area contributed by atoms with E-state index in [-0.39, 0.29) is 18.2 Å². The Morgan fingerprint density at radius 2 is 1.86 bits per heavy atom. The number of amides is 1. The second kappa shape index (κ2) is 8.68. The number of carbonyl (C=O) groups excluding carboxylic acids is 2. The number of aromatic nitrogens is 2. The van der Waals surface area contributed by atoms with Gasteiger partial charge in [0.2, 0.25) is 5.69 Å². The SMILES string of the molecule is COc1cn(-c2ccccc2)nc1C(=O)OCC(=O)N1CCC[C@@H]2CCCC[C@@H]21. The number of fused-ring (bicyclic) bond motifs is 1. The minimum absolute atomic E-state index is 0.0679. The summed E-state index contributed by atoms with van der Waals surface area (Å²) in [6, 6.07) is 9.73. The molecule has 1 amide bonds. The number of nitrogens with zero attached hydrogens (tertiary/aromatic N) is 3. The van der Waals surface area contributed by atoms with Crippen molar-refractivity contribution < 1.29 is 19.1 Å². The van der Waals surface area contributed by atoms with Crippen LogP contribution in [0.5, 0.6) is 5.75 Å². The van der Waals surface area contributed by atoms with E-state index >= 15 is 0 Å². The van der Waals surface area contributed by atoms with Crippen LogP contribution in [0.2, 0.25) is 0 Å². The lowest BCUT2D eigenvalue weighted by atomic mass is 9.78. The van der Waals surface area contributed by atoms with E-state index in [1.165, 1.54) is 32.8 Å². The van der Waals surface area contributed by atoms with Gasteiger partial charge in [-0.05, 0) is 43.7 Å². The maximum atomic E-state index is 12.8. The highest BCUT2D eigenvalue weighted by atomic mass is 16.5. The fraction of sp³-hybridized carbons (Fsp3) is 0.500. The van der Waals surface area contributed by atoms with Gasteiger partial charge in [-0.25, -0.2) is 9.48 Å². The summed E-state index contributed by atoms with van der Waals surface area (Å²) in [5, 5.41) is 4.30. The van der Waals surface area contributed by atoms with Gasteiger partial charge in [-0.2, -0.15) is 5.10 Å². The zero-order valence-corrected chi connectivity index (χ0v) is 16.8. The predicted molar refractivity (Wildman–Crippen MR) is 107 cm³/mol. The molecule has 1 saturated carbocycles. The first kappa shape index (κ1) is 19.5. The molecule has 2 fully saturated rings. The number of carbonyl (C=O) groups is 2. The lowest BCUT2D eigenvalue weighted by Crippen LogP contribution is -2.50. The van der Waals surface area contributed by atoms with Crippen LogP contribution in [0.1, 0.15) is 49.0 Å². The highest BCUT2D eigenvalue weighted by Gasteiger charge is 2.36. The maximum absolute atomic E-state index is 12.8. The molecule has 2 aliphatic rings. The van der Waals surface area contributed by atoms with Crippen LogP contribution >= 0.6 is 0 Å². The normalized spacial score (nSPS) is 21.3. The minimum Gasteiger partial charge on any atom is -0.493 e. The number of hydrogen-bond donors (Lipinski definition) is 0.